The first-order valence-corrected chi connectivity index (χ1v) is 9.55. The fourth-order valence-corrected chi connectivity index (χ4v) is 3.85. The average Bonchev–Trinajstić information content (AvgIpc) is 2.73. The van der Waals surface area contributed by atoms with E-state index >= 15 is 0 Å². The van der Waals surface area contributed by atoms with Gasteiger partial charge in [-0.25, -0.2) is 4.79 Å². The van der Waals surface area contributed by atoms with E-state index in [1.165, 1.54) is 0 Å². The molecule has 1 heterocycles. The Morgan fingerprint density at radius 1 is 1.24 bits per heavy atom. The van der Waals surface area contributed by atoms with E-state index in [0.717, 1.165) is 11.1 Å². The van der Waals surface area contributed by atoms with E-state index in [-0.39, 0.29) is 6.61 Å². The van der Waals surface area contributed by atoms with Crippen molar-refractivity contribution in [2.75, 3.05) is 0 Å². The van der Waals surface area contributed by atoms with Crippen molar-refractivity contribution in [1.82, 2.24) is 10.3 Å². The molecular weight excluding hydrogens is 390 g/mol. The zero-order valence-electron chi connectivity index (χ0n) is 15.9. The highest BCUT2D eigenvalue weighted by atomic mass is 35.5. The summed E-state index contributed by atoms with van der Waals surface area (Å²) >= 11 is 6.65. The molecule has 0 spiro atoms. The van der Waals surface area contributed by atoms with Crippen LogP contribution in [-0.4, -0.2) is 23.0 Å². The third-order valence-electron chi connectivity index (χ3n) is 5.00. The van der Waals surface area contributed by atoms with Gasteiger partial charge in [0.15, 0.2) is 0 Å². The quantitative estimate of drug-likeness (QED) is 0.712. The fraction of sp³-hybridized carbons (Fsp3) is 0.227. The van der Waals surface area contributed by atoms with Crippen LogP contribution in [0, 0.1) is 5.92 Å². The van der Waals surface area contributed by atoms with Gasteiger partial charge in [-0.15, -0.1) is 0 Å². The lowest BCUT2D eigenvalue weighted by atomic mass is 9.71. The van der Waals surface area contributed by atoms with Crippen LogP contribution in [0.1, 0.15) is 18.1 Å². The van der Waals surface area contributed by atoms with Gasteiger partial charge in [-0.3, -0.25) is 9.78 Å². The van der Waals surface area contributed by atoms with Crippen LogP contribution >= 0.6 is 11.6 Å². The minimum absolute atomic E-state index is 0.158. The zero-order chi connectivity index (χ0) is 20.9. The number of hydrogen-bond acceptors (Lipinski definition) is 4. The highest BCUT2D eigenvalue weighted by molar-refractivity contribution is 6.31. The Hall–Kier alpha value is -3.12. The summed E-state index contributed by atoms with van der Waals surface area (Å²) in [7, 11) is 0. The molecule has 0 bridgehead atoms. The summed E-state index contributed by atoms with van der Waals surface area (Å²) in [6, 6.07) is 12.6. The van der Waals surface area contributed by atoms with Crippen LogP contribution < -0.4 is 11.1 Å². The average molecular weight is 412 g/mol. The van der Waals surface area contributed by atoms with Crippen molar-refractivity contribution in [2.45, 2.75) is 25.0 Å². The van der Waals surface area contributed by atoms with Crippen LogP contribution in [0.4, 0.5) is 4.79 Å². The van der Waals surface area contributed by atoms with Crippen LogP contribution in [0.25, 0.3) is 0 Å². The number of halogens is 1. The van der Waals surface area contributed by atoms with E-state index in [9.17, 15) is 9.59 Å². The Kier molecular flexibility index (Phi) is 6.34. The minimum Gasteiger partial charge on any atom is -0.445 e. The van der Waals surface area contributed by atoms with E-state index in [1.807, 2.05) is 55.5 Å². The van der Waals surface area contributed by atoms with Gasteiger partial charge >= 0.3 is 6.09 Å². The Labute approximate surface area is 174 Å². The molecule has 1 aromatic carbocycles. The minimum atomic E-state index is -0.873. The van der Waals surface area contributed by atoms with Gasteiger partial charge in [0.2, 0.25) is 5.91 Å². The van der Waals surface area contributed by atoms with Crippen molar-refractivity contribution in [3.8, 4) is 0 Å². The van der Waals surface area contributed by atoms with Crippen LogP contribution in [0.15, 0.2) is 78.1 Å². The number of benzene rings is 1. The smallest absolute Gasteiger partial charge is 0.407 e. The van der Waals surface area contributed by atoms with Gasteiger partial charge in [0, 0.05) is 23.5 Å². The van der Waals surface area contributed by atoms with Gasteiger partial charge in [-0.2, -0.15) is 0 Å². The van der Waals surface area contributed by atoms with E-state index in [1.54, 1.807) is 24.5 Å². The molecule has 0 aliphatic heterocycles. The number of aromatic nitrogens is 1. The Balaban J connectivity index is 1.82. The van der Waals surface area contributed by atoms with E-state index < -0.39 is 29.4 Å². The Morgan fingerprint density at radius 2 is 1.93 bits per heavy atom. The number of nitrogens with one attached hydrogen (secondary N) is 1. The first-order valence-electron chi connectivity index (χ1n) is 9.17. The largest absolute Gasteiger partial charge is 0.445 e. The maximum absolute atomic E-state index is 12.4. The van der Waals surface area contributed by atoms with Gasteiger partial charge in [0.1, 0.15) is 6.61 Å². The lowest BCUT2D eigenvalue weighted by molar-refractivity contribution is -0.119. The second kappa shape index (κ2) is 8.92. The molecule has 6 nitrogen and oxygen atoms in total. The van der Waals surface area contributed by atoms with Gasteiger partial charge in [-0.1, -0.05) is 60.2 Å². The lowest BCUT2D eigenvalue weighted by Crippen LogP contribution is -2.49. The maximum Gasteiger partial charge on any atom is 0.407 e. The molecule has 0 fully saturated rings. The predicted octanol–water partition coefficient (Wildman–Crippen LogP) is 3.43. The molecule has 2 aromatic rings. The molecule has 29 heavy (non-hydrogen) atoms. The summed E-state index contributed by atoms with van der Waals surface area (Å²) in [5.74, 6) is -1.10. The van der Waals surface area contributed by atoms with Crippen LogP contribution in [-0.2, 0) is 21.6 Å². The third-order valence-corrected chi connectivity index (χ3v) is 5.44. The lowest BCUT2D eigenvalue weighted by Gasteiger charge is -2.39. The Morgan fingerprint density at radius 3 is 2.55 bits per heavy atom. The number of carbonyl (C=O) groups is 2. The van der Waals surface area contributed by atoms with Gasteiger partial charge in [0.05, 0.1) is 11.3 Å². The fourth-order valence-electron chi connectivity index (χ4n) is 3.38. The molecule has 1 aromatic heterocycles. The van der Waals surface area contributed by atoms with Crippen molar-refractivity contribution in [3.63, 3.8) is 0 Å². The molecule has 150 valence electrons. The molecule has 1 aliphatic carbocycles. The molecule has 3 unspecified atom stereocenters. The molecule has 0 saturated carbocycles. The number of carbonyl (C=O) groups excluding carboxylic acids is 2. The van der Waals surface area contributed by atoms with Crippen molar-refractivity contribution >= 4 is 23.6 Å². The molecule has 7 heteroatoms. The second-order valence-corrected chi connectivity index (χ2v) is 7.24. The Bertz CT molecular complexity index is 931. The zero-order valence-corrected chi connectivity index (χ0v) is 16.7. The van der Waals surface area contributed by atoms with Crippen LogP contribution in [0.5, 0.6) is 0 Å². The number of nitrogens with zero attached hydrogens (tertiary/aromatic N) is 1. The van der Waals surface area contributed by atoms with Gasteiger partial charge in [-0.05, 0) is 30.2 Å². The van der Waals surface area contributed by atoms with E-state index in [0.29, 0.717) is 5.03 Å². The highest BCUT2D eigenvalue weighted by Gasteiger charge is 2.42. The number of ether oxygens (including phenoxy) is 1. The number of amides is 2. The highest BCUT2D eigenvalue weighted by Crippen LogP contribution is 2.43. The number of hydrogen-bond donors (Lipinski definition) is 2. The third kappa shape index (κ3) is 4.49. The molecular formula is C22H22ClN3O3. The summed E-state index contributed by atoms with van der Waals surface area (Å²) in [6.45, 7) is 1.99. The SMILES string of the molecule is CC(NC(=O)OCc1ccccc1)C1(c2ccncc2)C=CC(C(N)=O)C=C1Cl. The molecule has 3 atom stereocenters. The summed E-state index contributed by atoms with van der Waals surface area (Å²) in [5, 5.41) is 3.25. The molecule has 3 rings (SSSR count). The topological polar surface area (TPSA) is 94.3 Å². The van der Waals surface area contributed by atoms with Crippen LogP contribution in [0.2, 0.25) is 0 Å². The van der Waals surface area contributed by atoms with E-state index in [2.05, 4.69) is 10.3 Å². The van der Waals surface area contributed by atoms with E-state index in [4.69, 9.17) is 22.1 Å². The standard InChI is InChI=1S/C22H22ClN3O3/c1-15(26-21(28)29-14-16-5-3-2-4-6-16)22(18-8-11-25-12-9-18)10-7-17(20(24)27)13-19(22)23/h2-13,15,17H,14H2,1H3,(H2,24,27)(H,26,28). The summed E-state index contributed by atoms with van der Waals surface area (Å²) in [4.78, 5) is 28.0. The van der Waals surface area contributed by atoms with Crippen molar-refractivity contribution in [3.05, 3.63) is 89.2 Å². The summed E-state index contributed by atoms with van der Waals surface area (Å²) in [6.07, 6.45) is 7.85. The number of alkyl carbamates (subject to hydrolysis) is 1. The molecule has 0 saturated heterocycles. The summed E-state index contributed by atoms with van der Waals surface area (Å²) < 4.78 is 5.34. The second-order valence-electron chi connectivity index (χ2n) is 6.83. The molecule has 3 N–H and O–H groups in total. The van der Waals surface area contributed by atoms with Gasteiger partial charge < -0.3 is 15.8 Å². The molecule has 2 amide bonds. The number of nitrogens with two attached hydrogens (primary N) is 1. The molecule has 1 aliphatic rings. The number of rotatable bonds is 6. The summed E-state index contributed by atoms with van der Waals surface area (Å²) in [5.41, 5.74) is 6.25. The first kappa shape index (κ1) is 20.6. The normalized spacial score (nSPS) is 21.7. The maximum atomic E-state index is 12.4. The van der Waals surface area contributed by atoms with Crippen molar-refractivity contribution in [2.24, 2.45) is 11.7 Å². The number of pyridine rings is 1. The molecule has 0 radical (unpaired) electrons. The van der Waals surface area contributed by atoms with Gasteiger partial charge in [0.25, 0.3) is 0 Å². The number of primary amides is 1. The van der Waals surface area contributed by atoms with Crippen LogP contribution in [0.3, 0.4) is 0 Å². The monoisotopic (exact) mass is 411 g/mol. The van der Waals surface area contributed by atoms with Crippen molar-refractivity contribution in [1.29, 1.82) is 0 Å². The first-order chi connectivity index (χ1) is 13.9. The van der Waals surface area contributed by atoms with Crippen molar-refractivity contribution < 1.29 is 14.3 Å². The predicted molar refractivity (Wildman–Crippen MR) is 111 cm³/mol.